The first-order valence-electron chi connectivity index (χ1n) is 6.33. The number of aryl methyl sites for hydroxylation is 1. The van der Waals surface area contributed by atoms with Crippen molar-refractivity contribution in [2.75, 3.05) is 0 Å². The van der Waals surface area contributed by atoms with E-state index >= 15 is 0 Å². The third-order valence-corrected chi connectivity index (χ3v) is 4.39. The molecule has 1 aliphatic carbocycles. The fourth-order valence-corrected chi connectivity index (χ4v) is 2.82. The highest BCUT2D eigenvalue weighted by Crippen LogP contribution is 2.25. The number of rotatable bonds is 4. The molecule has 0 aromatic heterocycles. The average molecular weight is 312 g/mol. The molecular weight excluding hydrogens is 294 g/mol. The van der Waals surface area contributed by atoms with E-state index in [4.69, 9.17) is 0 Å². The molecular formula is C14H18BrNO2. The number of carboxylic acids is 1. The molecule has 1 aromatic rings. The van der Waals surface area contributed by atoms with Gasteiger partial charge in [0.25, 0.3) is 0 Å². The zero-order chi connectivity index (χ0) is 13.1. The Morgan fingerprint density at radius 3 is 2.67 bits per heavy atom. The molecule has 1 fully saturated rings. The summed E-state index contributed by atoms with van der Waals surface area (Å²) in [6.45, 7) is 1.99. The van der Waals surface area contributed by atoms with E-state index in [1.165, 1.54) is 12.8 Å². The lowest BCUT2D eigenvalue weighted by Gasteiger charge is -2.20. The fraction of sp³-hybridized carbons (Fsp3) is 0.500. The van der Waals surface area contributed by atoms with Crippen LogP contribution in [-0.4, -0.2) is 17.1 Å². The van der Waals surface area contributed by atoms with E-state index in [1.54, 1.807) is 0 Å². The summed E-state index contributed by atoms with van der Waals surface area (Å²) < 4.78 is 0.958. The third kappa shape index (κ3) is 3.12. The highest BCUT2D eigenvalue weighted by molar-refractivity contribution is 9.10. The quantitative estimate of drug-likeness (QED) is 0.896. The second kappa shape index (κ2) is 5.85. The first-order chi connectivity index (χ1) is 8.58. The molecule has 2 N–H and O–H groups in total. The number of carbonyl (C=O) groups is 1. The van der Waals surface area contributed by atoms with Gasteiger partial charge in [-0.1, -0.05) is 40.9 Å². The van der Waals surface area contributed by atoms with Crippen LogP contribution in [-0.2, 0) is 4.79 Å². The zero-order valence-electron chi connectivity index (χ0n) is 10.4. The molecule has 4 heteroatoms. The molecule has 0 radical (unpaired) electrons. The van der Waals surface area contributed by atoms with Crippen molar-refractivity contribution in [3.05, 3.63) is 33.8 Å². The van der Waals surface area contributed by atoms with Gasteiger partial charge in [-0.05, 0) is 37.0 Å². The summed E-state index contributed by atoms with van der Waals surface area (Å²) in [7, 11) is 0. The Bertz CT molecular complexity index is 441. The van der Waals surface area contributed by atoms with Crippen molar-refractivity contribution in [1.29, 1.82) is 0 Å². The van der Waals surface area contributed by atoms with E-state index in [2.05, 4.69) is 21.2 Å². The second-order valence-electron chi connectivity index (χ2n) is 4.93. The first-order valence-corrected chi connectivity index (χ1v) is 7.12. The van der Waals surface area contributed by atoms with Crippen molar-refractivity contribution in [3.8, 4) is 0 Å². The predicted molar refractivity (Wildman–Crippen MR) is 74.6 cm³/mol. The number of hydrogen-bond acceptors (Lipinski definition) is 2. The molecule has 98 valence electrons. The standard InChI is InChI=1S/C14H18BrNO2/c1-9-6-7-10(8-12(9)15)13(14(17)18)16-11-4-2-3-5-11/h6-8,11,13,16H,2-5H2,1H3,(H,17,18). The van der Waals surface area contributed by atoms with Crippen molar-refractivity contribution in [2.24, 2.45) is 0 Å². The van der Waals surface area contributed by atoms with Gasteiger partial charge in [0.15, 0.2) is 0 Å². The molecule has 0 amide bonds. The van der Waals surface area contributed by atoms with Gasteiger partial charge in [0.1, 0.15) is 6.04 Å². The highest BCUT2D eigenvalue weighted by atomic mass is 79.9. The van der Waals surface area contributed by atoms with Gasteiger partial charge in [0, 0.05) is 10.5 Å². The summed E-state index contributed by atoms with van der Waals surface area (Å²) in [6.07, 6.45) is 4.55. The van der Waals surface area contributed by atoms with Crippen LogP contribution in [0.15, 0.2) is 22.7 Å². The molecule has 1 unspecified atom stereocenters. The van der Waals surface area contributed by atoms with Gasteiger partial charge < -0.3 is 5.11 Å². The van der Waals surface area contributed by atoms with Crippen LogP contribution in [0.2, 0.25) is 0 Å². The molecule has 0 spiro atoms. The molecule has 2 rings (SSSR count). The summed E-state index contributed by atoms with van der Waals surface area (Å²) in [4.78, 5) is 11.4. The van der Waals surface area contributed by atoms with Gasteiger partial charge in [0.05, 0.1) is 0 Å². The van der Waals surface area contributed by atoms with Crippen LogP contribution in [0.4, 0.5) is 0 Å². The van der Waals surface area contributed by atoms with Crippen molar-refractivity contribution in [2.45, 2.75) is 44.7 Å². The smallest absolute Gasteiger partial charge is 0.325 e. The van der Waals surface area contributed by atoms with Gasteiger partial charge in [-0.2, -0.15) is 0 Å². The van der Waals surface area contributed by atoms with Crippen LogP contribution in [0.1, 0.15) is 42.9 Å². The lowest BCUT2D eigenvalue weighted by Crippen LogP contribution is -2.35. The lowest BCUT2D eigenvalue weighted by molar-refractivity contribution is -0.139. The Balaban J connectivity index is 2.17. The van der Waals surface area contributed by atoms with E-state index in [1.807, 2.05) is 25.1 Å². The Morgan fingerprint density at radius 2 is 2.11 bits per heavy atom. The minimum absolute atomic E-state index is 0.339. The molecule has 1 atom stereocenters. The van der Waals surface area contributed by atoms with Gasteiger partial charge >= 0.3 is 5.97 Å². The topological polar surface area (TPSA) is 49.3 Å². The SMILES string of the molecule is Cc1ccc(C(NC2CCCC2)C(=O)O)cc1Br. The molecule has 0 aliphatic heterocycles. The summed E-state index contributed by atoms with van der Waals surface area (Å²) in [6, 6.07) is 5.47. The van der Waals surface area contributed by atoms with Crippen LogP contribution in [0, 0.1) is 6.92 Å². The minimum Gasteiger partial charge on any atom is -0.480 e. The maximum absolute atomic E-state index is 11.4. The highest BCUT2D eigenvalue weighted by Gasteiger charge is 2.25. The van der Waals surface area contributed by atoms with Crippen molar-refractivity contribution in [1.82, 2.24) is 5.32 Å². The maximum atomic E-state index is 11.4. The molecule has 18 heavy (non-hydrogen) atoms. The molecule has 1 aromatic carbocycles. The number of benzene rings is 1. The Labute approximate surface area is 116 Å². The second-order valence-corrected chi connectivity index (χ2v) is 5.78. The van der Waals surface area contributed by atoms with Crippen molar-refractivity contribution >= 4 is 21.9 Å². The summed E-state index contributed by atoms with van der Waals surface area (Å²) in [5.41, 5.74) is 1.93. The third-order valence-electron chi connectivity index (χ3n) is 3.53. The summed E-state index contributed by atoms with van der Waals surface area (Å²) in [5.74, 6) is -0.808. The molecule has 0 bridgehead atoms. The first kappa shape index (κ1) is 13.6. The van der Waals surface area contributed by atoms with Crippen LogP contribution in [0.3, 0.4) is 0 Å². The largest absolute Gasteiger partial charge is 0.480 e. The Hall–Kier alpha value is -0.870. The van der Waals surface area contributed by atoms with E-state index in [-0.39, 0.29) is 0 Å². The number of halogens is 1. The van der Waals surface area contributed by atoms with E-state index in [0.717, 1.165) is 28.4 Å². The van der Waals surface area contributed by atoms with Crippen LogP contribution >= 0.6 is 15.9 Å². The van der Waals surface area contributed by atoms with Gasteiger partial charge in [-0.25, -0.2) is 0 Å². The van der Waals surface area contributed by atoms with E-state index in [0.29, 0.717) is 6.04 Å². The van der Waals surface area contributed by atoms with Crippen molar-refractivity contribution in [3.63, 3.8) is 0 Å². The fourth-order valence-electron chi connectivity index (χ4n) is 2.43. The van der Waals surface area contributed by atoms with Gasteiger partial charge in [-0.15, -0.1) is 0 Å². The monoisotopic (exact) mass is 311 g/mol. The molecule has 0 saturated heterocycles. The minimum atomic E-state index is -0.808. The van der Waals surface area contributed by atoms with Gasteiger partial charge in [0.2, 0.25) is 0 Å². The average Bonchev–Trinajstić information content (AvgIpc) is 2.82. The molecule has 0 heterocycles. The van der Waals surface area contributed by atoms with Crippen LogP contribution in [0.5, 0.6) is 0 Å². The van der Waals surface area contributed by atoms with Gasteiger partial charge in [-0.3, -0.25) is 10.1 Å². The molecule has 1 saturated carbocycles. The summed E-state index contributed by atoms with van der Waals surface area (Å²) in [5, 5.41) is 12.6. The number of hydrogen-bond donors (Lipinski definition) is 2. The van der Waals surface area contributed by atoms with Crippen molar-refractivity contribution < 1.29 is 9.90 Å². The normalized spacial score (nSPS) is 17.9. The van der Waals surface area contributed by atoms with E-state index < -0.39 is 12.0 Å². The summed E-state index contributed by atoms with van der Waals surface area (Å²) >= 11 is 3.46. The zero-order valence-corrected chi connectivity index (χ0v) is 12.0. The number of carboxylic acid groups (broad SMARTS) is 1. The van der Waals surface area contributed by atoms with Crippen LogP contribution in [0.25, 0.3) is 0 Å². The lowest BCUT2D eigenvalue weighted by atomic mass is 10.0. The molecule has 1 aliphatic rings. The number of aliphatic carboxylic acids is 1. The molecule has 3 nitrogen and oxygen atoms in total. The Morgan fingerprint density at radius 1 is 1.44 bits per heavy atom. The number of nitrogens with one attached hydrogen (secondary N) is 1. The maximum Gasteiger partial charge on any atom is 0.325 e. The predicted octanol–water partition coefficient (Wildman–Crippen LogP) is 3.42. The van der Waals surface area contributed by atoms with E-state index in [9.17, 15) is 9.90 Å². The van der Waals surface area contributed by atoms with Crippen LogP contribution < -0.4 is 5.32 Å². The Kier molecular flexibility index (Phi) is 4.40.